The Kier molecular flexibility index (Phi) is 5.94. The van der Waals surface area contributed by atoms with E-state index in [2.05, 4.69) is 12.6 Å². The predicted molar refractivity (Wildman–Crippen MR) is 50.4 cm³/mol. The van der Waals surface area contributed by atoms with E-state index < -0.39 is 0 Å². The minimum Gasteiger partial charge on any atom is -0.207 e. The molecule has 0 aliphatic rings. The fraction of sp³-hybridized carbons (Fsp3) is 0.333. The summed E-state index contributed by atoms with van der Waals surface area (Å²) in [7, 11) is 0. The lowest BCUT2D eigenvalue weighted by Crippen LogP contribution is -1.77. The molecule has 0 aliphatic heterocycles. The van der Waals surface area contributed by atoms with Crippen molar-refractivity contribution in [3.05, 3.63) is 35.6 Å². The van der Waals surface area contributed by atoms with Gasteiger partial charge in [0.2, 0.25) is 0 Å². The van der Waals surface area contributed by atoms with Gasteiger partial charge >= 0.3 is 0 Å². The molecule has 0 aliphatic carbocycles. The van der Waals surface area contributed by atoms with Crippen LogP contribution in [0, 0.1) is 5.82 Å². The third-order valence-corrected chi connectivity index (χ3v) is 1.44. The lowest BCUT2D eigenvalue weighted by Gasteiger charge is -1.92. The standard InChI is InChI=1S/C7H7FS.C2H6/c8-7-3-1-2-6(4-7)5-9;1-2/h1-4,9H,5H2;1-2H3. The molecule has 0 heterocycles. The van der Waals surface area contributed by atoms with Gasteiger partial charge in [-0.25, -0.2) is 4.39 Å². The van der Waals surface area contributed by atoms with Gasteiger partial charge in [0, 0.05) is 5.75 Å². The van der Waals surface area contributed by atoms with Gasteiger partial charge in [-0.15, -0.1) is 0 Å². The van der Waals surface area contributed by atoms with Crippen molar-refractivity contribution in [1.82, 2.24) is 0 Å². The van der Waals surface area contributed by atoms with Crippen molar-refractivity contribution in [2.75, 3.05) is 0 Å². The average Bonchev–Trinajstić information content (AvgIpc) is 2.08. The molecule has 0 spiro atoms. The Balaban J connectivity index is 0.000000461. The molecule has 0 bridgehead atoms. The molecule has 1 aromatic carbocycles. The van der Waals surface area contributed by atoms with Gasteiger partial charge in [0.1, 0.15) is 5.82 Å². The molecular formula is C9H13FS. The topological polar surface area (TPSA) is 0 Å². The van der Waals surface area contributed by atoms with Crippen LogP contribution in [-0.2, 0) is 5.75 Å². The molecule has 0 radical (unpaired) electrons. The van der Waals surface area contributed by atoms with E-state index in [4.69, 9.17) is 0 Å². The van der Waals surface area contributed by atoms with Crippen molar-refractivity contribution in [2.45, 2.75) is 19.6 Å². The Morgan fingerprint density at radius 2 is 2.00 bits per heavy atom. The Morgan fingerprint density at radius 1 is 1.36 bits per heavy atom. The molecule has 0 N–H and O–H groups in total. The molecule has 0 nitrogen and oxygen atoms in total. The third kappa shape index (κ3) is 4.04. The summed E-state index contributed by atoms with van der Waals surface area (Å²) in [5, 5.41) is 0. The highest BCUT2D eigenvalue weighted by molar-refractivity contribution is 7.79. The molecule has 0 saturated carbocycles. The van der Waals surface area contributed by atoms with Gasteiger partial charge in [0.25, 0.3) is 0 Å². The van der Waals surface area contributed by atoms with Gasteiger partial charge in [-0.1, -0.05) is 26.0 Å². The molecule has 0 aromatic heterocycles. The van der Waals surface area contributed by atoms with Crippen molar-refractivity contribution in [1.29, 1.82) is 0 Å². The first-order valence-electron chi connectivity index (χ1n) is 3.68. The van der Waals surface area contributed by atoms with E-state index in [-0.39, 0.29) is 5.82 Å². The van der Waals surface area contributed by atoms with Crippen molar-refractivity contribution in [2.24, 2.45) is 0 Å². The van der Waals surface area contributed by atoms with Crippen LogP contribution in [0.2, 0.25) is 0 Å². The Labute approximate surface area is 72.9 Å². The zero-order valence-electron chi connectivity index (χ0n) is 6.84. The molecule has 2 heteroatoms. The predicted octanol–water partition coefficient (Wildman–Crippen LogP) is 3.28. The van der Waals surface area contributed by atoms with E-state index in [0.29, 0.717) is 5.75 Å². The second-order valence-electron chi connectivity index (χ2n) is 1.79. The van der Waals surface area contributed by atoms with Gasteiger partial charge in [-0.2, -0.15) is 12.6 Å². The van der Waals surface area contributed by atoms with E-state index in [1.165, 1.54) is 12.1 Å². The molecule has 0 unspecified atom stereocenters. The summed E-state index contributed by atoms with van der Waals surface area (Å²) in [5.74, 6) is 0.402. The first kappa shape index (κ1) is 10.5. The molecule has 1 aromatic rings. The quantitative estimate of drug-likeness (QED) is 0.617. The van der Waals surface area contributed by atoms with E-state index in [1.807, 2.05) is 19.9 Å². The molecular weight excluding hydrogens is 159 g/mol. The summed E-state index contributed by atoms with van der Waals surface area (Å²) in [6.45, 7) is 4.00. The molecule has 0 saturated heterocycles. The maximum Gasteiger partial charge on any atom is 0.123 e. The SMILES string of the molecule is CC.Fc1cccc(CS)c1. The fourth-order valence-corrected chi connectivity index (χ4v) is 0.832. The minimum atomic E-state index is -0.193. The van der Waals surface area contributed by atoms with Crippen molar-refractivity contribution in [3.63, 3.8) is 0 Å². The maximum absolute atomic E-state index is 12.3. The fourth-order valence-electron chi connectivity index (χ4n) is 0.635. The number of thiol groups is 1. The molecule has 11 heavy (non-hydrogen) atoms. The highest BCUT2D eigenvalue weighted by Crippen LogP contribution is 2.04. The summed E-state index contributed by atoms with van der Waals surface area (Å²) in [6, 6.07) is 6.43. The molecule has 0 amide bonds. The zero-order valence-corrected chi connectivity index (χ0v) is 7.74. The summed E-state index contributed by atoms with van der Waals surface area (Å²) in [4.78, 5) is 0. The minimum absolute atomic E-state index is 0.193. The molecule has 1 rings (SSSR count). The van der Waals surface area contributed by atoms with E-state index in [9.17, 15) is 4.39 Å². The van der Waals surface area contributed by atoms with E-state index in [0.717, 1.165) is 5.56 Å². The van der Waals surface area contributed by atoms with Gasteiger partial charge in [-0.3, -0.25) is 0 Å². The first-order valence-corrected chi connectivity index (χ1v) is 4.31. The van der Waals surface area contributed by atoms with Crippen LogP contribution in [0.3, 0.4) is 0 Å². The van der Waals surface area contributed by atoms with E-state index >= 15 is 0 Å². The molecule has 0 fully saturated rings. The molecule has 0 atom stereocenters. The van der Waals surface area contributed by atoms with Crippen LogP contribution in [0.15, 0.2) is 24.3 Å². The first-order chi connectivity index (χ1) is 5.33. The van der Waals surface area contributed by atoms with Crippen LogP contribution in [0.1, 0.15) is 19.4 Å². The van der Waals surface area contributed by atoms with Crippen LogP contribution in [0.5, 0.6) is 0 Å². The summed E-state index contributed by atoms with van der Waals surface area (Å²) in [6.07, 6.45) is 0. The number of hydrogen-bond donors (Lipinski definition) is 1. The third-order valence-electron chi connectivity index (χ3n) is 1.07. The number of hydrogen-bond acceptors (Lipinski definition) is 1. The van der Waals surface area contributed by atoms with Crippen LogP contribution in [-0.4, -0.2) is 0 Å². The van der Waals surface area contributed by atoms with Crippen molar-refractivity contribution >= 4 is 12.6 Å². The van der Waals surface area contributed by atoms with Gasteiger partial charge < -0.3 is 0 Å². The van der Waals surface area contributed by atoms with Crippen LogP contribution < -0.4 is 0 Å². The van der Waals surface area contributed by atoms with Gasteiger partial charge in [0.05, 0.1) is 0 Å². The Hall–Kier alpha value is -0.500. The van der Waals surface area contributed by atoms with Gasteiger partial charge in [-0.05, 0) is 17.7 Å². The summed E-state index contributed by atoms with van der Waals surface area (Å²) < 4.78 is 12.3. The summed E-state index contributed by atoms with van der Waals surface area (Å²) in [5.41, 5.74) is 0.915. The maximum atomic E-state index is 12.3. The smallest absolute Gasteiger partial charge is 0.123 e. The van der Waals surface area contributed by atoms with E-state index in [1.54, 1.807) is 6.07 Å². The monoisotopic (exact) mass is 172 g/mol. The lowest BCUT2D eigenvalue weighted by atomic mass is 10.2. The lowest BCUT2D eigenvalue weighted by molar-refractivity contribution is 0.626. The number of rotatable bonds is 1. The second-order valence-corrected chi connectivity index (χ2v) is 2.10. The summed E-state index contributed by atoms with van der Waals surface area (Å²) >= 11 is 3.99. The van der Waals surface area contributed by atoms with Crippen LogP contribution >= 0.6 is 12.6 Å². The molecule has 62 valence electrons. The Morgan fingerprint density at radius 3 is 2.36 bits per heavy atom. The number of benzene rings is 1. The average molecular weight is 172 g/mol. The van der Waals surface area contributed by atoms with Crippen molar-refractivity contribution < 1.29 is 4.39 Å². The van der Waals surface area contributed by atoms with Crippen molar-refractivity contribution in [3.8, 4) is 0 Å². The van der Waals surface area contributed by atoms with Gasteiger partial charge in [0.15, 0.2) is 0 Å². The second kappa shape index (κ2) is 6.23. The highest BCUT2D eigenvalue weighted by Gasteiger charge is 1.89. The zero-order chi connectivity index (χ0) is 8.69. The highest BCUT2D eigenvalue weighted by atomic mass is 32.1. The number of halogens is 1. The van der Waals surface area contributed by atoms with Crippen LogP contribution in [0.25, 0.3) is 0 Å². The van der Waals surface area contributed by atoms with Crippen LogP contribution in [0.4, 0.5) is 4.39 Å². The Bertz CT molecular complexity index is 199. The normalized spacial score (nSPS) is 8.36. The largest absolute Gasteiger partial charge is 0.207 e.